The molecular formula is C23H28N4O3. The number of amides is 2. The van der Waals surface area contributed by atoms with Crippen molar-refractivity contribution in [3.63, 3.8) is 0 Å². The van der Waals surface area contributed by atoms with Crippen LogP contribution in [0.4, 0.5) is 11.4 Å². The van der Waals surface area contributed by atoms with Crippen LogP contribution in [0.3, 0.4) is 0 Å². The average molecular weight is 409 g/mol. The minimum atomic E-state index is -0.340. The van der Waals surface area contributed by atoms with Crippen LogP contribution >= 0.6 is 0 Å². The van der Waals surface area contributed by atoms with E-state index in [0.29, 0.717) is 30.1 Å². The molecular weight excluding hydrogens is 380 g/mol. The summed E-state index contributed by atoms with van der Waals surface area (Å²) < 4.78 is 7.12. The Bertz CT molecular complexity index is 1020. The summed E-state index contributed by atoms with van der Waals surface area (Å²) in [5.41, 5.74) is 4.43. The predicted molar refractivity (Wildman–Crippen MR) is 117 cm³/mol. The van der Waals surface area contributed by atoms with Gasteiger partial charge < -0.3 is 15.1 Å². The largest absolute Gasteiger partial charge is 0.459 e. The molecule has 2 amide bonds. The summed E-state index contributed by atoms with van der Waals surface area (Å²) in [6.07, 6.45) is 2.44. The Labute approximate surface area is 176 Å². The van der Waals surface area contributed by atoms with Gasteiger partial charge in [-0.1, -0.05) is 19.9 Å². The van der Waals surface area contributed by atoms with Gasteiger partial charge in [0, 0.05) is 30.0 Å². The van der Waals surface area contributed by atoms with Crippen LogP contribution in [0, 0.1) is 19.8 Å². The van der Waals surface area contributed by atoms with Crippen molar-refractivity contribution in [2.45, 2.75) is 47.1 Å². The summed E-state index contributed by atoms with van der Waals surface area (Å²) in [7, 11) is 0. The fraction of sp³-hybridized carbons (Fsp3) is 0.348. The zero-order valence-corrected chi connectivity index (χ0v) is 17.9. The van der Waals surface area contributed by atoms with Gasteiger partial charge in [-0.05, 0) is 62.1 Å². The van der Waals surface area contributed by atoms with Gasteiger partial charge in [0.25, 0.3) is 5.91 Å². The maximum absolute atomic E-state index is 12.5. The van der Waals surface area contributed by atoms with Crippen LogP contribution < -0.4 is 10.6 Å². The van der Waals surface area contributed by atoms with Crippen molar-refractivity contribution < 1.29 is 14.0 Å². The fourth-order valence-electron chi connectivity index (χ4n) is 3.36. The molecule has 0 aliphatic heterocycles. The number of carbonyl (C=O) groups is 2. The second-order valence-corrected chi connectivity index (χ2v) is 7.79. The van der Waals surface area contributed by atoms with Gasteiger partial charge in [-0.2, -0.15) is 5.10 Å². The monoisotopic (exact) mass is 408 g/mol. The van der Waals surface area contributed by atoms with Crippen molar-refractivity contribution in [1.29, 1.82) is 0 Å². The summed E-state index contributed by atoms with van der Waals surface area (Å²) in [6.45, 7) is 9.24. The molecule has 2 aromatic heterocycles. The van der Waals surface area contributed by atoms with E-state index in [9.17, 15) is 9.59 Å². The second kappa shape index (κ2) is 9.43. The van der Waals surface area contributed by atoms with Crippen molar-refractivity contribution in [2.24, 2.45) is 5.92 Å². The zero-order chi connectivity index (χ0) is 21.7. The molecule has 0 aliphatic carbocycles. The smallest absolute Gasteiger partial charge is 0.291 e. The Balaban J connectivity index is 1.58. The lowest BCUT2D eigenvalue weighted by atomic mass is 10.1. The summed E-state index contributed by atoms with van der Waals surface area (Å²) >= 11 is 0. The lowest BCUT2D eigenvalue weighted by Crippen LogP contribution is -2.14. The zero-order valence-electron chi connectivity index (χ0n) is 17.9. The highest BCUT2D eigenvalue weighted by Crippen LogP contribution is 2.19. The first-order chi connectivity index (χ1) is 14.3. The van der Waals surface area contributed by atoms with Crippen LogP contribution in [0.5, 0.6) is 0 Å². The molecule has 2 heterocycles. The van der Waals surface area contributed by atoms with Gasteiger partial charge in [-0.25, -0.2) is 0 Å². The first-order valence-corrected chi connectivity index (χ1v) is 10.1. The van der Waals surface area contributed by atoms with Crippen LogP contribution in [0.2, 0.25) is 0 Å². The van der Waals surface area contributed by atoms with Gasteiger partial charge in [0.1, 0.15) is 0 Å². The predicted octanol–water partition coefficient (Wildman–Crippen LogP) is 4.57. The number of rotatable bonds is 8. The van der Waals surface area contributed by atoms with Gasteiger partial charge in [0.15, 0.2) is 5.76 Å². The summed E-state index contributed by atoms with van der Waals surface area (Å²) in [4.78, 5) is 24.6. The van der Waals surface area contributed by atoms with E-state index in [0.717, 1.165) is 23.5 Å². The molecule has 0 unspecified atom stereocenters. The molecule has 0 spiro atoms. The lowest BCUT2D eigenvalue weighted by Gasteiger charge is -2.09. The lowest BCUT2D eigenvalue weighted by molar-refractivity contribution is -0.116. The Kier molecular flexibility index (Phi) is 6.72. The number of aryl methyl sites for hydroxylation is 1. The maximum atomic E-state index is 12.5. The van der Waals surface area contributed by atoms with Crippen LogP contribution in [-0.4, -0.2) is 21.6 Å². The maximum Gasteiger partial charge on any atom is 0.291 e. The minimum Gasteiger partial charge on any atom is -0.459 e. The summed E-state index contributed by atoms with van der Waals surface area (Å²) in [6, 6.07) is 10.3. The topological polar surface area (TPSA) is 89.2 Å². The van der Waals surface area contributed by atoms with E-state index in [-0.39, 0.29) is 17.6 Å². The third-order valence-electron chi connectivity index (χ3n) is 4.82. The number of nitrogens with zero attached hydrogens (tertiary/aromatic N) is 2. The highest BCUT2D eigenvalue weighted by Gasteiger charge is 2.14. The minimum absolute atomic E-state index is 0.0834. The van der Waals surface area contributed by atoms with Crippen LogP contribution in [0.1, 0.15) is 47.8 Å². The third kappa shape index (κ3) is 5.37. The van der Waals surface area contributed by atoms with Crippen LogP contribution in [0.25, 0.3) is 0 Å². The molecule has 3 aromatic rings. The molecule has 0 atom stereocenters. The number of aromatic nitrogens is 2. The number of carbonyl (C=O) groups excluding carboxylic acids is 2. The van der Waals surface area contributed by atoms with Gasteiger partial charge in [0.05, 0.1) is 12.0 Å². The molecule has 0 fully saturated rings. The van der Waals surface area contributed by atoms with Gasteiger partial charge in [-0.15, -0.1) is 0 Å². The third-order valence-corrected chi connectivity index (χ3v) is 4.82. The first-order valence-electron chi connectivity index (χ1n) is 10.1. The number of hydrogen-bond donors (Lipinski definition) is 2. The average Bonchev–Trinajstić information content (AvgIpc) is 3.30. The van der Waals surface area contributed by atoms with Gasteiger partial charge in [-0.3, -0.25) is 14.3 Å². The molecule has 0 bridgehead atoms. The number of hydrogen-bond acceptors (Lipinski definition) is 4. The Hall–Kier alpha value is -3.35. The van der Waals surface area contributed by atoms with Crippen LogP contribution in [-0.2, 0) is 17.8 Å². The molecule has 7 nitrogen and oxygen atoms in total. The van der Waals surface area contributed by atoms with E-state index in [2.05, 4.69) is 36.5 Å². The molecule has 0 saturated heterocycles. The van der Waals surface area contributed by atoms with Crippen molar-refractivity contribution in [3.8, 4) is 0 Å². The molecule has 3 rings (SSSR count). The first kappa shape index (κ1) is 21.4. The van der Waals surface area contributed by atoms with E-state index in [1.165, 1.54) is 6.26 Å². The number of benzene rings is 1. The number of furan rings is 1. The second-order valence-electron chi connectivity index (χ2n) is 7.79. The van der Waals surface area contributed by atoms with Gasteiger partial charge >= 0.3 is 0 Å². The summed E-state index contributed by atoms with van der Waals surface area (Å²) in [5, 5.41) is 10.3. The highest BCUT2D eigenvalue weighted by atomic mass is 16.3. The van der Waals surface area contributed by atoms with E-state index < -0.39 is 0 Å². The molecule has 1 aromatic carbocycles. The van der Waals surface area contributed by atoms with E-state index >= 15 is 0 Å². The normalized spacial score (nSPS) is 11.0. The molecule has 0 aliphatic rings. The molecule has 30 heavy (non-hydrogen) atoms. The van der Waals surface area contributed by atoms with E-state index in [1.807, 2.05) is 11.6 Å². The molecule has 158 valence electrons. The SMILES string of the molecule is Cc1nn(CC(C)C)c(C)c1CCC(=O)Nc1cccc(NC(=O)c2ccco2)c1. The summed E-state index contributed by atoms with van der Waals surface area (Å²) in [5.74, 6) is 0.320. The fourth-order valence-corrected chi connectivity index (χ4v) is 3.36. The molecule has 0 radical (unpaired) electrons. The Morgan fingerprint density at radius 3 is 2.50 bits per heavy atom. The number of nitrogens with one attached hydrogen (secondary N) is 2. The van der Waals surface area contributed by atoms with Crippen molar-refractivity contribution >= 4 is 23.2 Å². The molecule has 7 heteroatoms. The van der Waals surface area contributed by atoms with Crippen LogP contribution in [0.15, 0.2) is 47.1 Å². The molecule has 2 N–H and O–H groups in total. The Morgan fingerprint density at radius 2 is 1.83 bits per heavy atom. The van der Waals surface area contributed by atoms with Gasteiger partial charge in [0.2, 0.25) is 5.91 Å². The Morgan fingerprint density at radius 1 is 1.10 bits per heavy atom. The number of anilines is 2. The standard InChI is InChI=1S/C23H28N4O3/c1-15(2)14-27-17(4)20(16(3)26-27)10-11-22(28)24-18-7-5-8-19(13-18)25-23(29)21-9-6-12-30-21/h5-9,12-13,15H,10-11,14H2,1-4H3,(H,24,28)(H,25,29). The van der Waals surface area contributed by atoms with Crippen molar-refractivity contribution in [3.05, 3.63) is 65.4 Å². The van der Waals surface area contributed by atoms with E-state index in [1.54, 1.807) is 36.4 Å². The molecule has 0 saturated carbocycles. The van der Waals surface area contributed by atoms with E-state index in [4.69, 9.17) is 4.42 Å². The van der Waals surface area contributed by atoms with Crippen molar-refractivity contribution in [2.75, 3.05) is 10.6 Å². The van der Waals surface area contributed by atoms with Crippen molar-refractivity contribution in [1.82, 2.24) is 9.78 Å². The quantitative estimate of drug-likeness (QED) is 0.571. The highest BCUT2D eigenvalue weighted by molar-refractivity contribution is 6.02.